The Kier molecular flexibility index (Phi) is 28.3. The molecule has 0 saturated heterocycles. The molecule has 296 valence electrons. The van der Waals surface area contributed by atoms with Crippen LogP contribution in [0.3, 0.4) is 0 Å². The van der Waals surface area contributed by atoms with Gasteiger partial charge in [0.2, 0.25) is 11.8 Å². The molecule has 0 radical (unpaired) electrons. The average molecular weight is 769 g/mol. The van der Waals surface area contributed by atoms with Gasteiger partial charge in [-0.05, 0) is 68.2 Å². The molecule has 3 heterocycles. The molecule has 3 aromatic heterocycles. The van der Waals surface area contributed by atoms with E-state index in [1.54, 1.807) is 42.5 Å². The molecule has 0 bridgehead atoms. The van der Waals surface area contributed by atoms with Gasteiger partial charge in [-0.1, -0.05) is 33.1 Å². The standard InChI is InChI=1S/C22H22N4O4.C12H18N4O2.C5H4O2.CH4/c1-24-20(15-19-9-7-13-30-19)22(28)26-11-5-3-2-4-10-25-21(27)17(16-23)14-18-8-6-12-29-18;1-14-10-12(18)16-9-5-3-2-4-8-15-11(17)6-7-13;6-4-5-2-1-3-7-5;/h6-9,12-15H,2-5,10-11H2,(H,25,27)(H,26,28);2-6,8-10H2,(H,15,17)(H,16,18);1-4H;1H4/b17-14+,20-15-;;;. The lowest BCUT2D eigenvalue weighted by Crippen LogP contribution is -2.26. The molecule has 0 aliphatic heterocycles. The number of carbonyl (C=O) groups is 5. The molecule has 56 heavy (non-hydrogen) atoms. The summed E-state index contributed by atoms with van der Waals surface area (Å²) in [6, 6.07) is 13.6. The predicted octanol–water partition coefficient (Wildman–Crippen LogP) is 5.87. The van der Waals surface area contributed by atoms with Crippen molar-refractivity contribution in [2.75, 3.05) is 32.7 Å². The molecular formula is C40H48N8O8. The van der Waals surface area contributed by atoms with Gasteiger partial charge >= 0.3 is 0 Å². The van der Waals surface area contributed by atoms with E-state index in [1.807, 2.05) is 6.07 Å². The van der Waals surface area contributed by atoms with Crippen LogP contribution in [0, 0.1) is 35.8 Å². The van der Waals surface area contributed by atoms with Crippen molar-refractivity contribution in [3.63, 3.8) is 0 Å². The normalized spacial score (nSPS) is 10.1. The molecule has 4 amide bonds. The van der Waals surface area contributed by atoms with Gasteiger partial charge in [0, 0.05) is 32.3 Å². The molecule has 16 nitrogen and oxygen atoms in total. The Bertz CT molecular complexity index is 1690. The van der Waals surface area contributed by atoms with Crippen LogP contribution < -0.4 is 21.3 Å². The van der Waals surface area contributed by atoms with Gasteiger partial charge in [0.25, 0.3) is 24.1 Å². The van der Waals surface area contributed by atoms with Crippen LogP contribution >= 0.6 is 0 Å². The minimum atomic E-state index is -0.434. The first-order chi connectivity index (χ1) is 26.8. The van der Waals surface area contributed by atoms with Gasteiger partial charge in [0.15, 0.2) is 12.0 Å². The number of nitrogens with zero attached hydrogens (tertiary/aromatic N) is 4. The van der Waals surface area contributed by atoms with Crippen molar-refractivity contribution < 1.29 is 37.2 Å². The number of furan rings is 3. The van der Waals surface area contributed by atoms with Crippen molar-refractivity contribution in [2.24, 2.45) is 0 Å². The number of rotatable bonds is 21. The van der Waals surface area contributed by atoms with E-state index in [4.69, 9.17) is 32.5 Å². The van der Waals surface area contributed by atoms with Crippen LogP contribution in [0.15, 0.2) is 79.7 Å². The van der Waals surface area contributed by atoms with E-state index >= 15 is 0 Å². The summed E-state index contributed by atoms with van der Waals surface area (Å²) in [5.74, 6) is -0.0456. The second kappa shape index (κ2) is 32.5. The van der Waals surface area contributed by atoms with E-state index in [0.29, 0.717) is 49.7 Å². The first kappa shape index (κ1) is 48.8. The number of carbonyl (C=O) groups excluding carboxylic acids is 5. The maximum atomic E-state index is 12.0. The van der Waals surface area contributed by atoms with Gasteiger partial charge in [-0.2, -0.15) is 10.5 Å². The van der Waals surface area contributed by atoms with E-state index in [-0.39, 0.29) is 43.5 Å². The molecule has 0 aliphatic rings. The van der Waals surface area contributed by atoms with E-state index in [0.717, 1.165) is 51.4 Å². The van der Waals surface area contributed by atoms with Crippen LogP contribution in [0.4, 0.5) is 0 Å². The van der Waals surface area contributed by atoms with Crippen molar-refractivity contribution in [1.29, 1.82) is 10.5 Å². The number of hydrogen-bond donors (Lipinski definition) is 4. The van der Waals surface area contributed by atoms with Crippen LogP contribution in [0.25, 0.3) is 21.8 Å². The molecule has 0 atom stereocenters. The number of unbranched alkanes of at least 4 members (excludes halogenated alkanes) is 6. The maximum Gasteiger partial charge on any atom is 0.300 e. The lowest BCUT2D eigenvalue weighted by atomic mass is 10.2. The number of nitrogens with one attached hydrogen (secondary N) is 4. The third kappa shape index (κ3) is 24.1. The quantitative estimate of drug-likeness (QED) is 0.0331. The molecule has 0 fully saturated rings. The monoisotopic (exact) mass is 768 g/mol. The van der Waals surface area contributed by atoms with Crippen molar-refractivity contribution >= 4 is 42.1 Å². The fourth-order valence-electron chi connectivity index (χ4n) is 4.19. The molecule has 0 saturated carbocycles. The van der Waals surface area contributed by atoms with Gasteiger partial charge in [-0.25, -0.2) is 11.4 Å². The molecule has 3 rings (SSSR count). The highest BCUT2D eigenvalue weighted by Crippen LogP contribution is 2.10. The second-order valence-corrected chi connectivity index (χ2v) is 11.2. The first-order valence-electron chi connectivity index (χ1n) is 17.3. The Balaban J connectivity index is 0.000000980. The highest BCUT2D eigenvalue weighted by molar-refractivity contribution is 6.01. The molecule has 4 N–H and O–H groups in total. The van der Waals surface area contributed by atoms with Crippen LogP contribution in [0.1, 0.15) is 87.3 Å². The average Bonchev–Trinajstić information content (AvgIpc) is 4.01. The molecule has 0 aromatic carbocycles. The maximum absolute atomic E-state index is 12.0. The Hall–Kier alpha value is -7.17. The summed E-state index contributed by atoms with van der Waals surface area (Å²) in [5, 5.41) is 28.1. The zero-order valence-electron chi connectivity index (χ0n) is 30.4. The van der Waals surface area contributed by atoms with Crippen molar-refractivity contribution in [2.45, 2.75) is 65.2 Å². The van der Waals surface area contributed by atoms with Gasteiger partial charge in [0.05, 0.1) is 31.4 Å². The largest absolute Gasteiger partial charge is 0.466 e. The summed E-state index contributed by atoms with van der Waals surface area (Å²) < 4.78 is 14.8. The number of amides is 4. The molecule has 3 aromatic rings. The van der Waals surface area contributed by atoms with E-state index in [1.165, 1.54) is 30.9 Å². The van der Waals surface area contributed by atoms with E-state index in [2.05, 4.69) is 35.4 Å². The van der Waals surface area contributed by atoms with Gasteiger partial charge < -0.3 is 39.4 Å². The van der Waals surface area contributed by atoms with E-state index in [9.17, 15) is 24.0 Å². The lowest BCUT2D eigenvalue weighted by molar-refractivity contribution is -0.120. The minimum Gasteiger partial charge on any atom is -0.466 e. The summed E-state index contributed by atoms with van der Waals surface area (Å²) in [7, 11) is 0. The highest BCUT2D eigenvalue weighted by Gasteiger charge is 2.11. The molecule has 0 aliphatic carbocycles. The fraction of sp³-hybridized carbons (Fsp3) is 0.375. The van der Waals surface area contributed by atoms with Crippen molar-refractivity contribution in [3.8, 4) is 12.1 Å². The summed E-state index contributed by atoms with van der Waals surface area (Å²) in [4.78, 5) is 61.8. The van der Waals surface area contributed by atoms with Gasteiger partial charge in [0.1, 0.15) is 29.6 Å². The summed E-state index contributed by atoms with van der Waals surface area (Å²) in [6.45, 7) is 15.6. The number of nitriles is 2. The second-order valence-electron chi connectivity index (χ2n) is 11.2. The van der Waals surface area contributed by atoms with Crippen molar-refractivity contribution in [3.05, 3.63) is 107 Å². The summed E-state index contributed by atoms with van der Waals surface area (Å²) in [6.07, 6.45) is 14.7. The lowest BCUT2D eigenvalue weighted by Gasteiger charge is -2.06. The molecular weight excluding hydrogens is 720 g/mol. The number of hydrogen-bond acceptors (Lipinski definition) is 10. The SMILES string of the molecule is C.O=Cc1ccco1.[C-]#[N+]/C(=C\c1ccco1)C(=O)NCCCCCCNC(=O)/C(C#N)=C/c1ccco1.[C-]#[N+]CC(=O)NCCCCCCNC(=O)CC#N. The minimum absolute atomic E-state index is 0. The van der Waals surface area contributed by atoms with Crippen LogP contribution in [-0.4, -0.2) is 62.6 Å². The summed E-state index contributed by atoms with van der Waals surface area (Å²) >= 11 is 0. The van der Waals surface area contributed by atoms with Gasteiger partial charge in [-0.15, -0.1) is 0 Å². The van der Waals surface area contributed by atoms with E-state index < -0.39 is 11.8 Å². The molecule has 0 spiro atoms. The topological polar surface area (TPSA) is 229 Å². The Morgan fingerprint density at radius 2 is 1.12 bits per heavy atom. The Morgan fingerprint density at radius 3 is 1.54 bits per heavy atom. The van der Waals surface area contributed by atoms with Crippen LogP contribution in [0.5, 0.6) is 0 Å². The predicted molar refractivity (Wildman–Crippen MR) is 207 cm³/mol. The third-order valence-electron chi connectivity index (χ3n) is 6.91. The number of aldehydes is 1. The summed E-state index contributed by atoms with van der Waals surface area (Å²) in [5.41, 5.74) is -0.0329. The smallest absolute Gasteiger partial charge is 0.300 e. The Labute approximate surface area is 327 Å². The Morgan fingerprint density at radius 1 is 0.661 bits per heavy atom. The fourth-order valence-corrected chi connectivity index (χ4v) is 4.19. The zero-order valence-corrected chi connectivity index (χ0v) is 30.4. The van der Waals surface area contributed by atoms with Crippen molar-refractivity contribution in [1.82, 2.24) is 21.3 Å². The zero-order chi connectivity index (χ0) is 40.4. The van der Waals surface area contributed by atoms with Gasteiger partial charge in [-0.3, -0.25) is 24.0 Å². The highest BCUT2D eigenvalue weighted by atomic mass is 16.3. The van der Waals surface area contributed by atoms with Crippen LogP contribution in [0.2, 0.25) is 0 Å². The molecule has 16 heteroatoms. The third-order valence-corrected chi connectivity index (χ3v) is 6.91. The molecule has 0 unspecified atom stereocenters. The first-order valence-corrected chi connectivity index (χ1v) is 17.3. The van der Waals surface area contributed by atoms with Crippen LogP contribution in [-0.2, 0) is 19.2 Å².